The van der Waals surface area contributed by atoms with E-state index in [1.807, 2.05) is 30.6 Å². The molecule has 1 aromatic heterocycles. The number of rotatable bonds is 8. The summed E-state index contributed by atoms with van der Waals surface area (Å²) in [6, 6.07) is 5.12. The number of carbonyl (C=O) groups is 2. The highest BCUT2D eigenvalue weighted by Gasteiger charge is 2.16. The number of carboxylic acids is 1. The predicted molar refractivity (Wildman–Crippen MR) is 70.3 cm³/mol. The molecule has 1 unspecified atom stereocenters. The van der Waals surface area contributed by atoms with Gasteiger partial charge in [0.15, 0.2) is 12.4 Å². The topological polar surface area (TPSA) is 70.3 Å². The van der Waals surface area contributed by atoms with Crippen molar-refractivity contribution in [2.75, 3.05) is 0 Å². The molecule has 104 valence electrons. The fraction of sp³-hybridized carbons (Fsp3) is 0.500. The van der Waals surface area contributed by atoms with E-state index in [-0.39, 0.29) is 5.91 Å². The van der Waals surface area contributed by atoms with E-state index in [0.717, 1.165) is 19.4 Å². The first kappa shape index (κ1) is 15.1. The van der Waals surface area contributed by atoms with E-state index in [1.165, 1.54) is 0 Å². The van der Waals surface area contributed by atoms with Crippen molar-refractivity contribution >= 4 is 11.9 Å². The predicted octanol–water partition coefficient (Wildman–Crippen LogP) is 1.12. The number of hydrogen-bond acceptors (Lipinski definition) is 2. The van der Waals surface area contributed by atoms with Crippen molar-refractivity contribution in [1.29, 1.82) is 0 Å². The van der Waals surface area contributed by atoms with E-state index in [0.29, 0.717) is 12.8 Å². The van der Waals surface area contributed by atoms with Crippen molar-refractivity contribution in [1.82, 2.24) is 5.32 Å². The van der Waals surface area contributed by atoms with Gasteiger partial charge < -0.3 is 10.4 Å². The maximum Gasteiger partial charge on any atom is 0.326 e. The maximum absolute atomic E-state index is 11.5. The van der Waals surface area contributed by atoms with Gasteiger partial charge in [0.05, 0.1) is 0 Å². The summed E-state index contributed by atoms with van der Waals surface area (Å²) < 4.78 is 2.06. The normalized spacial score (nSPS) is 11.8. The van der Waals surface area contributed by atoms with Crippen molar-refractivity contribution in [2.24, 2.45) is 0 Å². The molecule has 1 atom stereocenters. The van der Waals surface area contributed by atoms with Gasteiger partial charge in [-0.05, 0) is 12.8 Å². The van der Waals surface area contributed by atoms with E-state index < -0.39 is 12.0 Å². The van der Waals surface area contributed by atoms with Crippen LogP contribution < -0.4 is 9.88 Å². The highest BCUT2D eigenvalue weighted by atomic mass is 16.4. The lowest BCUT2D eigenvalue weighted by atomic mass is 10.2. The van der Waals surface area contributed by atoms with Crippen LogP contribution >= 0.6 is 0 Å². The number of aryl methyl sites for hydroxylation is 1. The molecular formula is C14H21N2O3+. The maximum atomic E-state index is 11.5. The Balaban J connectivity index is 2.19. The van der Waals surface area contributed by atoms with Crippen LogP contribution in [0.25, 0.3) is 0 Å². The minimum atomic E-state index is -0.976. The summed E-state index contributed by atoms with van der Waals surface area (Å²) in [7, 11) is 0. The smallest absolute Gasteiger partial charge is 0.326 e. The number of aliphatic carboxylic acids is 1. The minimum Gasteiger partial charge on any atom is -0.480 e. The van der Waals surface area contributed by atoms with Gasteiger partial charge in [0, 0.05) is 25.0 Å². The van der Waals surface area contributed by atoms with Gasteiger partial charge in [-0.1, -0.05) is 13.0 Å². The van der Waals surface area contributed by atoms with Crippen LogP contribution in [0.5, 0.6) is 0 Å². The molecular weight excluding hydrogens is 244 g/mol. The molecule has 0 bridgehead atoms. The van der Waals surface area contributed by atoms with Crippen molar-refractivity contribution in [2.45, 2.75) is 45.2 Å². The Kier molecular flexibility index (Phi) is 6.57. The number of unbranched alkanes of at least 4 members (excludes halogenated alkanes) is 1. The summed E-state index contributed by atoms with van der Waals surface area (Å²) in [5, 5.41) is 11.3. The Hall–Kier alpha value is -1.91. The van der Waals surface area contributed by atoms with Crippen molar-refractivity contribution in [3.05, 3.63) is 30.6 Å². The zero-order valence-corrected chi connectivity index (χ0v) is 11.2. The van der Waals surface area contributed by atoms with Crippen LogP contribution in [0, 0.1) is 0 Å². The molecule has 0 aliphatic rings. The van der Waals surface area contributed by atoms with Crippen molar-refractivity contribution in [3.8, 4) is 0 Å². The Bertz CT molecular complexity index is 406. The van der Waals surface area contributed by atoms with E-state index in [4.69, 9.17) is 5.11 Å². The van der Waals surface area contributed by atoms with Crippen LogP contribution in [0.2, 0.25) is 0 Å². The Labute approximate surface area is 113 Å². The fourth-order valence-electron chi connectivity index (χ4n) is 1.77. The number of carboxylic acid groups (broad SMARTS) is 1. The lowest BCUT2D eigenvalue weighted by molar-refractivity contribution is -0.697. The minimum absolute atomic E-state index is 0.188. The van der Waals surface area contributed by atoms with Gasteiger partial charge in [-0.3, -0.25) is 4.79 Å². The highest BCUT2D eigenvalue weighted by Crippen LogP contribution is 1.98. The third kappa shape index (κ3) is 5.99. The molecule has 0 fully saturated rings. The molecule has 0 saturated heterocycles. The van der Waals surface area contributed by atoms with Gasteiger partial charge in [-0.2, -0.15) is 0 Å². The standard InChI is InChI=1S/C14H20N2O3/c1-2-12(14(18)19)15-13(17)8-4-7-11-16-9-5-3-6-10-16/h3,5-6,9-10,12H,2,4,7-8,11H2,1H3,(H-,15,17,18,19)/p+1. The van der Waals surface area contributed by atoms with Crippen LogP contribution in [0.1, 0.15) is 32.6 Å². The third-order valence-electron chi connectivity index (χ3n) is 2.89. The highest BCUT2D eigenvalue weighted by molar-refractivity contribution is 5.83. The second-order valence-electron chi connectivity index (χ2n) is 4.44. The van der Waals surface area contributed by atoms with Gasteiger partial charge in [-0.25, -0.2) is 9.36 Å². The van der Waals surface area contributed by atoms with Gasteiger partial charge >= 0.3 is 5.97 Å². The first-order chi connectivity index (χ1) is 9.13. The molecule has 5 nitrogen and oxygen atoms in total. The zero-order chi connectivity index (χ0) is 14.1. The monoisotopic (exact) mass is 265 g/mol. The summed E-state index contributed by atoms with van der Waals surface area (Å²) in [5.74, 6) is -1.16. The number of nitrogens with one attached hydrogen (secondary N) is 1. The van der Waals surface area contributed by atoms with Crippen molar-refractivity contribution in [3.63, 3.8) is 0 Å². The van der Waals surface area contributed by atoms with Crippen LogP contribution in [0.15, 0.2) is 30.6 Å². The second-order valence-corrected chi connectivity index (χ2v) is 4.44. The van der Waals surface area contributed by atoms with Crippen molar-refractivity contribution < 1.29 is 19.3 Å². The van der Waals surface area contributed by atoms with E-state index in [9.17, 15) is 9.59 Å². The summed E-state index contributed by atoms with van der Waals surface area (Å²) >= 11 is 0. The Morgan fingerprint density at radius 3 is 2.47 bits per heavy atom. The molecule has 0 aliphatic carbocycles. The molecule has 5 heteroatoms. The quantitative estimate of drug-likeness (QED) is 0.546. The molecule has 0 radical (unpaired) electrons. The molecule has 2 N–H and O–H groups in total. The van der Waals surface area contributed by atoms with Crippen LogP contribution in [-0.2, 0) is 16.1 Å². The van der Waals surface area contributed by atoms with Crippen LogP contribution in [0.3, 0.4) is 0 Å². The number of amides is 1. The molecule has 19 heavy (non-hydrogen) atoms. The molecule has 1 aromatic rings. The lowest BCUT2D eigenvalue weighted by Crippen LogP contribution is -2.40. The largest absolute Gasteiger partial charge is 0.480 e. The zero-order valence-electron chi connectivity index (χ0n) is 11.2. The number of aromatic nitrogens is 1. The Morgan fingerprint density at radius 2 is 1.89 bits per heavy atom. The average Bonchev–Trinajstić information content (AvgIpc) is 2.42. The molecule has 0 aromatic carbocycles. The van der Waals surface area contributed by atoms with E-state index >= 15 is 0 Å². The summed E-state index contributed by atoms with van der Waals surface area (Å²) in [6.07, 6.45) is 6.39. The van der Waals surface area contributed by atoms with Gasteiger partial charge in [-0.15, -0.1) is 0 Å². The molecule has 0 spiro atoms. The van der Waals surface area contributed by atoms with Gasteiger partial charge in [0.25, 0.3) is 0 Å². The molecule has 0 saturated carbocycles. The first-order valence-corrected chi connectivity index (χ1v) is 6.59. The van der Waals surface area contributed by atoms with Gasteiger partial charge in [0.1, 0.15) is 12.6 Å². The molecule has 0 aliphatic heterocycles. The molecule has 1 rings (SSSR count). The SMILES string of the molecule is CCC(NC(=O)CCCC[n+]1ccccc1)C(=O)O. The van der Waals surface area contributed by atoms with E-state index in [1.54, 1.807) is 6.92 Å². The fourth-order valence-corrected chi connectivity index (χ4v) is 1.77. The average molecular weight is 265 g/mol. The number of hydrogen-bond donors (Lipinski definition) is 2. The lowest BCUT2D eigenvalue weighted by Gasteiger charge is -2.11. The van der Waals surface area contributed by atoms with Gasteiger partial charge in [0.2, 0.25) is 5.91 Å². The first-order valence-electron chi connectivity index (χ1n) is 6.59. The number of nitrogens with zero attached hydrogens (tertiary/aromatic N) is 1. The Morgan fingerprint density at radius 1 is 1.21 bits per heavy atom. The van der Waals surface area contributed by atoms with Crippen LogP contribution in [0.4, 0.5) is 0 Å². The number of carbonyl (C=O) groups excluding carboxylic acids is 1. The van der Waals surface area contributed by atoms with E-state index in [2.05, 4.69) is 9.88 Å². The molecule has 1 amide bonds. The molecule has 1 heterocycles. The second kappa shape index (κ2) is 8.24. The summed E-state index contributed by atoms with van der Waals surface area (Å²) in [5.41, 5.74) is 0. The summed E-state index contributed by atoms with van der Waals surface area (Å²) in [6.45, 7) is 2.61. The number of pyridine rings is 1. The van der Waals surface area contributed by atoms with Crippen LogP contribution in [-0.4, -0.2) is 23.0 Å². The third-order valence-corrected chi connectivity index (χ3v) is 2.89. The summed E-state index contributed by atoms with van der Waals surface area (Å²) in [4.78, 5) is 22.3.